The molecule has 0 aliphatic heterocycles. The predicted octanol–water partition coefficient (Wildman–Crippen LogP) is 7.66. The van der Waals surface area contributed by atoms with Crippen molar-refractivity contribution in [2.75, 3.05) is 0 Å². The third-order valence-corrected chi connectivity index (χ3v) is 12.5. The molecule has 0 amide bonds. The number of aliphatic carboxylic acids is 1. The van der Waals surface area contributed by atoms with Crippen LogP contribution in [-0.2, 0) is 23.9 Å². The molecular formula is C34H52O6. The Balaban J connectivity index is 1.71. The fourth-order valence-electron chi connectivity index (χ4n) is 10.2. The SMILES string of the molecule is CC(=O)OC1CCC2(C)C3=C(CCC2C1(C)C)C1(C)C(OC(C)=O)CC(C(C)CCC=C(C)C(=O)O)C1(C)CC3. The van der Waals surface area contributed by atoms with Crippen molar-refractivity contribution in [1.29, 1.82) is 0 Å². The summed E-state index contributed by atoms with van der Waals surface area (Å²) in [6.45, 7) is 18.9. The Labute approximate surface area is 241 Å². The summed E-state index contributed by atoms with van der Waals surface area (Å²) in [4.78, 5) is 35.6. The number of hydrogen-bond donors (Lipinski definition) is 1. The molecule has 0 aromatic rings. The molecule has 0 aromatic carbocycles. The molecule has 8 unspecified atom stereocenters. The highest BCUT2D eigenvalue weighted by Crippen LogP contribution is 2.73. The van der Waals surface area contributed by atoms with E-state index >= 15 is 0 Å². The highest BCUT2D eigenvalue weighted by atomic mass is 16.5. The lowest BCUT2D eigenvalue weighted by Gasteiger charge is -2.62. The zero-order valence-electron chi connectivity index (χ0n) is 26.3. The van der Waals surface area contributed by atoms with E-state index in [-0.39, 0.29) is 45.8 Å². The topological polar surface area (TPSA) is 89.9 Å². The van der Waals surface area contributed by atoms with E-state index in [4.69, 9.17) is 9.47 Å². The van der Waals surface area contributed by atoms with Crippen LogP contribution in [-0.4, -0.2) is 35.2 Å². The first-order valence-corrected chi connectivity index (χ1v) is 15.5. The monoisotopic (exact) mass is 556 g/mol. The number of hydrogen-bond acceptors (Lipinski definition) is 5. The van der Waals surface area contributed by atoms with Crippen LogP contribution in [0.25, 0.3) is 0 Å². The molecule has 8 atom stereocenters. The van der Waals surface area contributed by atoms with E-state index in [2.05, 4.69) is 41.5 Å². The number of fused-ring (bicyclic) bond motifs is 4. The first-order valence-electron chi connectivity index (χ1n) is 15.5. The standard InChI is InChI=1S/C34H52O6/c1-20(11-10-12-21(2)30(37)38)26-19-29(40-23(4)36)34(9)25-13-14-27-31(5,6)28(39-22(3)35)16-17-32(27,7)24(25)15-18-33(26,34)8/h12,20,26-29H,10-11,13-19H2,1-9H3,(H,37,38). The second-order valence-corrected chi connectivity index (χ2v) is 14.7. The van der Waals surface area contributed by atoms with Gasteiger partial charge in [0.15, 0.2) is 0 Å². The molecule has 224 valence electrons. The summed E-state index contributed by atoms with van der Waals surface area (Å²) in [5.74, 6) is -0.0629. The summed E-state index contributed by atoms with van der Waals surface area (Å²) >= 11 is 0. The molecule has 6 heteroatoms. The number of carboxylic acids is 1. The van der Waals surface area contributed by atoms with Crippen LogP contribution < -0.4 is 0 Å². The molecule has 40 heavy (non-hydrogen) atoms. The maximum Gasteiger partial charge on any atom is 0.330 e. The van der Waals surface area contributed by atoms with Gasteiger partial charge in [-0.3, -0.25) is 9.59 Å². The molecule has 1 N–H and O–H groups in total. The fourth-order valence-corrected chi connectivity index (χ4v) is 10.2. The Morgan fingerprint density at radius 2 is 1.55 bits per heavy atom. The fraction of sp³-hybridized carbons (Fsp3) is 0.794. The zero-order chi connectivity index (χ0) is 29.8. The Morgan fingerprint density at radius 1 is 0.925 bits per heavy atom. The summed E-state index contributed by atoms with van der Waals surface area (Å²) < 4.78 is 12.1. The molecule has 2 saturated carbocycles. The van der Waals surface area contributed by atoms with Crippen molar-refractivity contribution in [2.24, 2.45) is 39.4 Å². The lowest BCUT2D eigenvalue weighted by atomic mass is 9.43. The molecule has 6 nitrogen and oxygen atoms in total. The molecule has 0 radical (unpaired) electrons. The highest BCUT2D eigenvalue weighted by Gasteiger charge is 2.67. The maximum atomic E-state index is 12.4. The zero-order valence-corrected chi connectivity index (χ0v) is 26.3. The van der Waals surface area contributed by atoms with Crippen LogP contribution in [0.15, 0.2) is 22.8 Å². The van der Waals surface area contributed by atoms with Gasteiger partial charge in [0.1, 0.15) is 12.2 Å². The van der Waals surface area contributed by atoms with E-state index in [0.717, 1.165) is 57.8 Å². The van der Waals surface area contributed by atoms with Gasteiger partial charge in [-0.1, -0.05) is 58.8 Å². The van der Waals surface area contributed by atoms with E-state index in [0.29, 0.717) is 23.3 Å². The average Bonchev–Trinajstić information content (AvgIpc) is 3.07. The molecule has 0 heterocycles. The Kier molecular flexibility index (Phi) is 8.19. The van der Waals surface area contributed by atoms with Crippen molar-refractivity contribution in [2.45, 2.75) is 132 Å². The molecule has 0 spiro atoms. The van der Waals surface area contributed by atoms with Gasteiger partial charge >= 0.3 is 17.9 Å². The average molecular weight is 557 g/mol. The van der Waals surface area contributed by atoms with Crippen LogP contribution >= 0.6 is 0 Å². The summed E-state index contributed by atoms with van der Waals surface area (Å²) in [5, 5.41) is 9.26. The van der Waals surface area contributed by atoms with Gasteiger partial charge < -0.3 is 14.6 Å². The molecule has 4 aliphatic carbocycles. The lowest BCUT2D eigenvalue weighted by molar-refractivity contribution is -0.168. The van der Waals surface area contributed by atoms with Crippen molar-refractivity contribution < 1.29 is 29.0 Å². The number of rotatable bonds is 7. The van der Waals surface area contributed by atoms with E-state index in [1.165, 1.54) is 19.4 Å². The minimum atomic E-state index is -0.858. The van der Waals surface area contributed by atoms with Crippen LogP contribution in [0.4, 0.5) is 0 Å². The van der Waals surface area contributed by atoms with Gasteiger partial charge in [0.05, 0.1) is 0 Å². The number of esters is 2. The van der Waals surface area contributed by atoms with Crippen LogP contribution in [0.1, 0.15) is 120 Å². The van der Waals surface area contributed by atoms with Crippen LogP contribution in [0.3, 0.4) is 0 Å². The van der Waals surface area contributed by atoms with Crippen molar-refractivity contribution in [1.82, 2.24) is 0 Å². The third-order valence-electron chi connectivity index (χ3n) is 12.5. The minimum absolute atomic E-state index is 0.00934. The largest absolute Gasteiger partial charge is 0.478 e. The van der Waals surface area contributed by atoms with Crippen LogP contribution in [0, 0.1) is 39.4 Å². The summed E-state index contributed by atoms with van der Waals surface area (Å²) in [6, 6.07) is 0. The first-order chi connectivity index (χ1) is 18.5. The second kappa shape index (κ2) is 10.6. The molecule has 2 fully saturated rings. The Morgan fingerprint density at radius 3 is 2.15 bits per heavy atom. The van der Waals surface area contributed by atoms with Gasteiger partial charge in [-0.2, -0.15) is 0 Å². The van der Waals surface area contributed by atoms with Gasteiger partial charge in [-0.05, 0) is 93.3 Å². The molecule has 0 aromatic heterocycles. The quantitative estimate of drug-likeness (QED) is 0.197. The Bertz CT molecular complexity index is 1120. The normalized spacial score (nSPS) is 39.5. The second-order valence-electron chi connectivity index (χ2n) is 14.7. The van der Waals surface area contributed by atoms with Gasteiger partial charge in [0.2, 0.25) is 0 Å². The summed E-state index contributed by atoms with van der Waals surface area (Å²) in [5.41, 5.74) is 3.21. The molecule has 0 saturated heterocycles. The van der Waals surface area contributed by atoms with Gasteiger partial charge in [0, 0.05) is 30.3 Å². The third kappa shape index (κ3) is 4.75. The molecule has 0 bridgehead atoms. The van der Waals surface area contributed by atoms with Crippen LogP contribution in [0.2, 0.25) is 0 Å². The lowest BCUT2D eigenvalue weighted by Crippen LogP contribution is -2.57. The number of allylic oxidation sites excluding steroid dienone is 2. The molecule has 4 rings (SSSR count). The van der Waals surface area contributed by atoms with E-state index in [1.807, 2.05) is 6.08 Å². The van der Waals surface area contributed by atoms with Crippen molar-refractivity contribution in [3.05, 3.63) is 22.8 Å². The van der Waals surface area contributed by atoms with Gasteiger partial charge in [-0.25, -0.2) is 4.79 Å². The van der Waals surface area contributed by atoms with E-state index in [9.17, 15) is 19.5 Å². The minimum Gasteiger partial charge on any atom is -0.478 e. The van der Waals surface area contributed by atoms with E-state index in [1.54, 1.807) is 12.5 Å². The summed E-state index contributed by atoms with van der Waals surface area (Å²) in [7, 11) is 0. The van der Waals surface area contributed by atoms with Crippen molar-refractivity contribution >= 4 is 17.9 Å². The molecule has 4 aliphatic rings. The summed E-state index contributed by atoms with van der Waals surface area (Å²) in [6.07, 6.45) is 10.2. The van der Waals surface area contributed by atoms with Gasteiger partial charge in [0.25, 0.3) is 0 Å². The number of ether oxygens (including phenoxy) is 2. The van der Waals surface area contributed by atoms with Crippen molar-refractivity contribution in [3.8, 4) is 0 Å². The smallest absolute Gasteiger partial charge is 0.330 e. The first kappa shape index (κ1) is 30.8. The van der Waals surface area contributed by atoms with Crippen molar-refractivity contribution in [3.63, 3.8) is 0 Å². The number of carbonyl (C=O) groups is 3. The number of carbonyl (C=O) groups excluding carboxylic acids is 2. The highest BCUT2D eigenvalue weighted by molar-refractivity contribution is 5.85. The number of carboxylic acid groups (broad SMARTS) is 1. The molecular weight excluding hydrogens is 504 g/mol. The predicted molar refractivity (Wildman–Crippen MR) is 155 cm³/mol. The Hall–Kier alpha value is -2.11. The van der Waals surface area contributed by atoms with Crippen LogP contribution in [0.5, 0.6) is 0 Å². The maximum absolute atomic E-state index is 12.4. The van der Waals surface area contributed by atoms with E-state index < -0.39 is 5.97 Å². The van der Waals surface area contributed by atoms with Gasteiger partial charge in [-0.15, -0.1) is 0 Å².